The van der Waals surface area contributed by atoms with Gasteiger partial charge in [-0.1, -0.05) is 12.1 Å². The number of hydrogen-bond donors (Lipinski definition) is 2. The average molecular weight is 468 g/mol. The molecular formula is C21H18F2N8O3. The summed E-state index contributed by atoms with van der Waals surface area (Å²) in [5.74, 6) is -1.52. The molecule has 0 bridgehead atoms. The molecular weight excluding hydrogens is 450 g/mol. The molecule has 4 aromatic rings. The molecule has 0 aliphatic heterocycles. The van der Waals surface area contributed by atoms with Gasteiger partial charge < -0.3 is 10.5 Å². The van der Waals surface area contributed by atoms with Crippen molar-refractivity contribution in [3.63, 3.8) is 0 Å². The lowest BCUT2D eigenvalue weighted by atomic mass is 10.1. The van der Waals surface area contributed by atoms with E-state index in [-0.39, 0.29) is 28.6 Å². The van der Waals surface area contributed by atoms with Crippen LogP contribution in [-0.4, -0.2) is 44.0 Å². The molecule has 0 saturated heterocycles. The molecule has 0 aliphatic carbocycles. The van der Waals surface area contributed by atoms with Gasteiger partial charge in [-0.05, 0) is 59.2 Å². The average Bonchev–Trinajstić information content (AvgIpc) is 3.46. The van der Waals surface area contributed by atoms with Crippen LogP contribution in [0, 0.1) is 11.6 Å². The Balaban J connectivity index is 1.66. The van der Waals surface area contributed by atoms with Gasteiger partial charge in [0.1, 0.15) is 23.1 Å². The molecule has 13 heteroatoms. The quantitative estimate of drug-likeness (QED) is 0.296. The summed E-state index contributed by atoms with van der Waals surface area (Å²) in [6, 6.07) is 9.71. The fourth-order valence-corrected chi connectivity index (χ4v) is 2.94. The number of nitrogen functional groups attached to an aromatic ring is 1. The van der Waals surface area contributed by atoms with Gasteiger partial charge in [-0.15, -0.1) is 5.10 Å². The minimum Gasteiger partial charge on any atom is -0.494 e. The molecule has 2 aromatic heterocycles. The van der Waals surface area contributed by atoms with Crippen molar-refractivity contribution >= 4 is 17.9 Å². The predicted octanol–water partition coefficient (Wildman–Crippen LogP) is 2.73. The zero-order valence-corrected chi connectivity index (χ0v) is 17.8. The normalized spacial score (nSPS) is 11.1. The maximum atomic E-state index is 13.8. The molecule has 0 unspecified atom stereocenters. The Hall–Kier alpha value is -4.68. The summed E-state index contributed by atoms with van der Waals surface area (Å²) >= 11 is 0. The lowest BCUT2D eigenvalue weighted by Crippen LogP contribution is -2.19. The second-order valence-corrected chi connectivity index (χ2v) is 6.91. The van der Waals surface area contributed by atoms with Crippen molar-refractivity contribution in [2.45, 2.75) is 13.3 Å². The van der Waals surface area contributed by atoms with Crippen molar-refractivity contribution in [1.82, 2.24) is 30.7 Å². The number of carbonyl (C=O) groups excluding carboxylic acids is 1. The van der Waals surface area contributed by atoms with Crippen LogP contribution in [0.3, 0.4) is 0 Å². The van der Waals surface area contributed by atoms with Gasteiger partial charge in [0, 0.05) is 11.1 Å². The number of hydrazone groups is 1. The standard InChI is InChI=1S/C21H18F2N8O3/c1-2-9-33-15-6-3-12(4-7-15)18-17(26-30-31(18)20-19(24)28-34-29-20)21(32)27-25-11-13-10-14(22)5-8-16(13)23/h3-8,10-11H,2,9H2,1H3,(H2,24,28)(H,27,32)/b25-11-. The Kier molecular flexibility index (Phi) is 6.52. The van der Waals surface area contributed by atoms with Crippen LogP contribution in [0.25, 0.3) is 17.1 Å². The van der Waals surface area contributed by atoms with Crippen molar-refractivity contribution in [3.8, 4) is 22.8 Å². The molecule has 4 rings (SSSR count). The highest BCUT2D eigenvalue weighted by Crippen LogP contribution is 2.28. The van der Waals surface area contributed by atoms with Gasteiger partial charge in [0.25, 0.3) is 5.91 Å². The van der Waals surface area contributed by atoms with Crippen molar-refractivity contribution < 1.29 is 22.9 Å². The summed E-state index contributed by atoms with van der Waals surface area (Å²) in [6.07, 6.45) is 1.82. The monoisotopic (exact) mass is 468 g/mol. The van der Waals surface area contributed by atoms with Crippen molar-refractivity contribution in [2.75, 3.05) is 12.3 Å². The number of nitrogens with two attached hydrogens (primary N) is 1. The number of nitrogens with zero attached hydrogens (tertiary/aromatic N) is 6. The molecule has 0 atom stereocenters. The molecule has 0 aliphatic rings. The summed E-state index contributed by atoms with van der Waals surface area (Å²) in [7, 11) is 0. The van der Waals surface area contributed by atoms with E-state index in [2.05, 4.69) is 35.8 Å². The topological polar surface area (TPSA) is 146 Å². The Morgan fingerprint density at radius 2 is 2.03 bits per heavy atom. The van der Waals surface area contributed by atoms with E-state index in [1.54, 1.807) is 24.3 Å². The van der Waals surface area contributed by atoms with Gasteiger partial charge in [-0.3, -0.25) is 4.79 Å². The molecule has 2 heterocycles. The molecule has 0 saturated carbocycles. The van der Waals surface area contributed by atoms with E-state index in [1.165, 1.54) is 4.68 Å². The number of aromatic nitrogens is 5. The molecule has 3 N–H and O–H groups in total. The first-order chi connectivity index (χ1) is 16.5. The minimum absolute atomic E-state index is 0.0261. The number of rotatable bonds is 8. The first-order valence-electron chi connectivity index (χ1n) is 10.0. The number of anilines is 1. The van der Waals surface area contributed by atoms with Crippen LogP contribution in [0.15, 0.2) is 52.2 Å². The van der Waals surface area contributed by atoms with Crippen LogP contribution < -0.4 is 15.9 Å². The van der Waals surface area contributed by atoms with E-state index >= 15 is 0 Å². The van der Waals surface area contributed by atoms with Crippen LogP contribution >= 0.6 is 0 Å². The van der Waals surface area contributed by atoms with Crippen LogP contribution in [0.1, 0.15) is 29.4 Å². The molecule has 0 spiro atoms. The van der Waals surface area contributed by atoms with Gasteiger partial charge in [-0.2, -0.15) is 9.78 Å². The first kappa shape index (κ1) is 22.5. The lowest BCUT2D eigenvalue weighted by molar-refractivity contribution is 0.0950. The summed E-state index contributed by atoms with van der Waals surface area (Å²) in [5, 5.41) is 18.8. The van der Waals surface area contributed by atoms with Crippen molar-refractivity contribution in [1.29, 1.82) is 0 Å². The molecule has 0 fully saturated rings. The number of hydrogen-bond acceptors (Lipinski definition) is 9. The molecule has 2 aromatic carbocycles. The highest BCUT2D eigenvalue weighted by atomic mass is 19.1. The summed E-state index contributed by atoms with van der Waals surface area (Å²) in [4.78, 5) is 12.8. The van der Waals surface area contributed by atoms with E-state index in [4.69, 9.17) is 10.5 Å². The third kappa shape index (κ3) is 4.72. The van der Waals surface area contributed by atoms with Gasteiger partial charge in [0.05, 0.1) is 12.8 Å². The first-order valence-corrected chi connectivity index (χ1v) is 10.0. The zero-order chi connectivity index (χ0) is 24.1. The highest BCUT2D eigenvalue weighted by Gasteiger charge is 2.25. The Bertz CT molecular complexity index is 1330. The third-order valence-corrected chi connectivity index (χ3v) is 4.51. The Morgan fingerprint density at radius 1 is 1.24 bits per heavy atom. The van der Waals surface area contributed by atoms with Crippen molar-refractivity contribution in [2.24, 2.45) is 5.10 Å². The second-order valence-electron chi connectivity index (χ2n) is 6.91. The largest absolute Gasteiger partial charge is 0.494 e. The van der Waals surface area contributed by atoms with Crippen molar-refractivity contribution in [3.05, 3.63) is 65.4 Å². The van der Waals surface area contributed by atoms with E-state index in [0.717, 1.165) is 30.8 Å². The second kappa shape index (κ2) is 9.85. The van der Waals surface area contributed by atoms with E-state index in [9.17, 15) is 13.6 Å². The molecule has 0 radical (unpaired) electrons. The van der Waals surface area contributed by atoms with E-state index < -0.39 is 17.5 Å². The number of amides is 1. The van der Waals surface area contributed by atoms with Gasteiger partial charge in [0.15, 0.2) is 5.69 Å². The minimum atomic E-state index is -0.768. The Labute approximate surface area is 191 Å². The fraction of sp³-hybridized carbons (Fsp3) is 0.143. The Morgan fingerprint density at radius 3 is 2.74 bits per heavy atom. The number of ether oxygens (including phenoxy) is 1. The van der Waals surface area contributed by atoms with Crippen LogP contribution in [-0.2, 0) is 0 Å². The van der Waals surface area contributed by atoms with Crippen LogP contribution in [0.2, 0.25) is 0 Å². The summed E-state index contributed by atoms with van der Waals surface area (Å²) < 4.78 is 38.5. The smallest absolute Gasteiger partial charge is 0.294 e. The lowest BCUT2D eigenvalue weighted by Gasteiger charge is -2.08. The highest BCUT2D eigenvalue weighted by molar-refractivity contribution is 5.98. The maximum absolute atomic E-state index is 13.8. The van der Waals surface area contributed by atoms with Gasteiger partial charge >= 0.3 is 0 Å². The number of halogens is 2. The number of benzene rings is 2. The van der Waals surface area contributed by atoms with E-state index in [1.807, 2.05) is 6.92 Å². The zero-order valence-electron chi connectivity index (χ0n) is 17.8. The number of carbonyl (C=O) groups is 1. The number of nitrogens with one attached hydrogen (secondary N) is 1. The summed E-state index contributed by atoms with van der Waals surface area (Å²) in [5.41, 5.74) is 8.48. The van der Waals surface area contributed by atoms with Gasteiger partial charge in [0.2, 0.25) is 11.6 Å². The molecule has 1 amide bonds. The van der Waals surface area contributed by atoms with Gasteiger partial charge in [-0.25, -0.2) is 18.8 Å². The molecule has 11 nitrogen and oxygen atoms in total. The van der Waals surface area contributed by atoms with E-state index in [0.29, 0.717) is 17.9 Å². The third-order valence-electron chi connectivity index (χ3n) is 4.51. The maximum Gasteiger partial charge on any atom is 0.294 e. The fourth-order valence-electron chi connectivity index (χ4n) is 2.94. The molecule has 174 valence electrons. The van der Waals surface area contributed by atoms with Crippen LogP contribution in [0.5, 0.6) is 5.75 Å². The SMILES string of the molecule is CCCOc1ccc(-c2c(C(=O)N/N=C\c3cc(F)ccc3F)nnn2-c2nonc2N)cc1. The summed E-state index contributed by atoms with van der Waals surface area (Å²) in [6.45, 7) is 2.54. The molecule has 34 heavy (non-hydrogen) atoms. The predicted molar refractivity (Wildman–Crippen MR) is 116 cm³/mol. The van der Waals surface area contributed by atoms with Crippen LogP contribution in [0.4, 0.5) is 14.6 Å².